The summed E-state index contributed by atoms with van der Waals surface area (Å²) in [6.45, 7) is 14.2. The number of unbranched alkanes of at least 4 members (excludes halogenated alkanes) is 1. The average Bonchev–Trinajstić information content (AvgIpc) is 3.06. The Bertz CT molecular complexity index is 629. The van der Waals surface area contributed by atoms with Gasteiger partial charge in [0.25, 0.3) is 0 Å². The predicted molar refractivity (Wildman–Crippen MR) is 117 cm³/mol. The number of nitrogens with one attached hydrogen (secondary N) is 2. The lowest BCUT2D eigenvalue weighted by Crippen LogP contribution is -2.37. The SMILES string of the molecule is CCOc1cc2c(cc1CNC(=NC)NCCCCN(CC)CC)OC(C)C2. The lowest BCUT2D eigenvalue weighted by atomic mass is 10.1. The Morgan fingerprint density at radius 1 is 1.21 bits per heavy atom. The number of guanidine groups is 1. The van der Waals surface area contributed by atoms with E-state index in [1.165, 1.54) is 12.0 Å². The molecule has 6 heteroatoms. The molecule has 0 bridgehead atoms. The molecule has 1 atom stereocenters. The van der Waals surface area contributed by atoms with Gasteiger partial charge in [0, 0.05) is 37.7 Å². The Morgan fingerprint density at radius 3 is 2.68 bits per heavy atom. The van der Waals surface area contributed by atoms with Crippen LogP contribution in [0.1, 0.15) is 51.7 Å². The van der Waals surface area contributed by atoms with E-state index >= 15 is 0 Å². The second-order valence-electron chi connectivity index (χ2n) is 7.22. The van der Waals surface area contributed by atoms with E-state index < -0.39 is 0 Å². The molecule has 0 saturated carbocycles. The van der Waals surface area contributed by atoms with Crippen molar-refractivity contribution in [3.8, 4) is 11.5 Å². The summed E-state index contributed by atoms with van der Waals surface area (Å²) in [5.41, 5.74) is 2.33. The van der Waals surface area contributed by atoms with E-state index in [4.69, 9.17) is 9.47 Å². The first kappa shape index (κ1) is 22.3. The van der Waals surface area contributed by atoms with Crippen molar-refractivity contribution in [2.75, 3.05) is 39.8 Å². The largest absolute Gasteiger partial charge is 0.494 e. The third kappa shape index (κ3) is 6.59. The summed E-state index contributed by atoms with van der Waals surface area (Å²) in [6.07, 6.45) is 3.50. The summed E-state index contributed by atoms with van der Waals surface area (Å²) in [6, 6.07) is 4.23. The van der Waals surface area contributed by atoms with Crippen LogP contribution < -0.4 is 20.1 Å². The van der Waals surface area contributed by atoms with Crippen molar-refractivity contribution in [2.24, 2.45) is 4.99 Å². The number of ether oxygens (including phenoxy) is 2. The summed E-state index contributed by atoms with van der Waals surface area (Å²) in [5.74, 6) is 2.73. The molecule has 2 rings (SSSR count). The molecule has 0 amide bonds. The topological polar surface area (TPSA) is 58.1 Å². The van der Waals surface area contributed by atoms with Gasteiger partial charge in [-0.3, -0.25) is 4.99 Å². The van der Waals surface area contributed by atoms with Crippen LogP contribution in [0.2, 0.25) is 0 Å². The van der Waals surface area contributed by atoms with Crippen LogP contribution in [0.3, 0.4) is 0 Å². The summed E-state index contributed by atoms with van der Waals surface area (Å²) in [5, 5.41) is 6.81. The number of hydrogen-bond acceptors (Lipinski definition) is 4. The second kappa shape index (κ2) is 11.8. The van der Waals surface area contributed by atoms with E-state index in [0.29, 0.717) is 13.2 Å². The summed E-state index contributed by atoms with van der Waals surface area (Å²) in [4.78, 5) is 6.80. The molecular formula is C22H38N4O2. The molecule has 0 aliphatic carbocycles. The third-order valence-corrected chi connectivity index (χ3v) is 5.14. The Balaban J connectivity index is 1.83. The maximum absolute atomic E-state index is 5.91. The van der Waals surface area contributed by atoms with Crippen molar-refractivity contribution >= 4 is 5.96 Å². The standard InChI is InChI=1S/C22H38N4O2/c1-6-26(7-2)12-10-9-11-24-22(23-5)25-16-19-15-21-18(13-17(4)28-21)14-20(19)27-8-3/h14-15,17H,6-13,16H2,1-5H3,(H2,23,24,25). The molecule has 6 nitrogen and oxygen atoms in total. The van der Waals surface area contributed by atoms with Crippen LogP contribution in [-0.4, -0.2) is 56.8 Å². The van der Waals surface area contributed by atoms with E-state index in [1.54, 1.807) is 0 Å². The van der Waals surface area contributed by atoms with Crippen molar-refractivity contribution in [1.29, 1.82) is 0 Å². The van der Waals surface area contributed by atoms with Crippen molar-refractivity contribution in [3.05, 3.63) is 23.3 Å². The van der Waals surface area contributed by atoms with Gasteiger partial charge in [0.1, 0.15) is 17.6 Å². The van der Waals surface area contributed by atoms with Gasteiger partial charge in [-0.25, -0.2) is 0 Å². The normalized spacial score (nSPS) is 16.1. The van der Waals surface area contributed by atoms with Gasteiger partial charge in [0.15, 0.2) is 5.96 Å². The van der Waals surface area contributed by atoms with E-state index in [2.05, 4.69) is 53.4 Å². The van der Waals surface area contributed by atoms with Crippen molar-refractivity contribution in [2.45, 2.75) is 59.6 Å². The van der Waals surface area contributed by atoms with E-state index in [0.717, 1.165) is 62.0 Å². The molecule has 1 aliphatic heterocycles. The number of rotatable bonds is 11. The smallest absolute Gasteiger partial charge is 0.191 e. The molecule has 0 radical (unpaired) electrons. The molecular weight excluding hydrogens is 352 g/mol. The Labute approximate surface area is 170 Å². The minimum Gasteiger partial charge on any atom is -0.494 e. The zero-order valence-corrected chi connectivity index (χ0v) is 18.3. The molecule has 28 heavy (non-hydrogen) atoms. The van der Waals surface area contributed by atoms with Crippen LogP contribution >= 0.6 is 0 Å². The van der Waals surface area contributed by atoms with Crippen LogP contribution in [0.15, 0.2) is 17.1 Å². The maximum atomic E-state index is 5.91. The van der Waals surface area contributed by atoms with Gasteiger partial charge in [0.2, 0.25) is 0 Å². The highest BCUT2D eigenvalue weighted by molar-refractivity contribution is 5.79. The van der Waals surface area contributed by atoms with E-state index in [-0.39, 0.29) is 6.10 Å². The van der Waals surface area contributed by atoms with E-state index in [1.807, 2.05) is 14.0 Å². The molecule has 1 aliphatic rings. The molecule has 0 saturated heterocycles. The fraction of sp³-hybridized carbons (Fsp3) is 0.682. The zero-order valence-electron chi connectivity index (χ0n) is 18.3. The highest BCUT2D eigenvalue weighted by Gasteiger charge is 2.21. The number of benzene rings is 1. The maximum Gasteiger partial charge on any atom is 0.191 e. The Morgan fingerprint density at radius 2 is 2.00 bits per heavy atom. The first-order valence-electron chi connectivity index (χ1n) is 10.7. The minimum absolute atomic E-state index is 0.235. The van der Waals surface area contributed by atoms with Crippen LogP contribution in [0, 0.1) is 0 Å². The van der Waals surface area contributed by atoms with Gasteiger partial charge in [-0.2, -0.15) is 0 Å². The Hall–Kier alpha value is -1.95. The van der Waals surface area contributed by atoms with Crippen LogP contribution in [0.4, 0.5) is 0 Å². The highest BCUT2D eigenvalue weighted by atomic mass is 16.5. The summed E-state index contributed by atoms with van der Waals surface area (Å²) in [7, 11) is 1.81. The lowest BCUT2D eigenvalue weighted by Gasteiger charge is -2.18. The monoisotopic (exact) mass is 390 g/mol. The molecule has 158 valence electrons. The minimum atomic E-state index is 0.235. The van der Waals surface area contributed by atoms with Gasteiger partial charge < -0.3 is 25.0 Å². The number of hydrogen-bond donors (Lipinski definition) is 2. The third-order valence-electron chi connectivity index (χ3n) is 5.14. The van der Waals surface area contributed by atoms with Crippen LogP contribution in [0.5, 0.6) is 11.5 Å². The first-order chi connectivity index (χ1) is 13.6. The van der Waals surface area contributed by atoms with Gasteiger partial charge in [0.05, 0.1) is 6.61 Å². The molecule has 1 aromatic carbocycles. The fourth-order valence-corrected chi connectivity index (χ4v) is 3.52. The number of aliphatic imine (C=N–C) groups is 1. The first-order valence-corrected chi connectivity index (χ1v) is 10.7. The highest BCUT2D eigenvalue weighted by Crippen LogP contribution is 2.35. The van der Waals surface area contributed by atoms with Crippen molar-refractivity contribution < 1.29 is 9.47 Å². The van der Waals surface area contributed by atoms with Crippen molar-refractivity contribution in [3.63, 3.8) is 0 Å². The molecule has 2 N–H and O–H groups in total. The Kier molecular flexibility index (Phi) is 9.41. The molecule has 0 spiro atoms. The molecule has 0 fully saturated rings. The number of nitrogens with zero attached hydrogens (tertiary/aromatic N) is 2. The second-order valence-corrected chi connectivity index (χ2v) is 7.22. The molecule has 1 unspecified atom stereocenters. The fourth-order valence-electron chi connectivity index (χ4n) is 3.52. The van der Waals surface area contributed by atoms with Crippen LogP contribution in [-0.2, 0) is 13.0 Å². The van der Waals surface area contributed by atoms with Gasteiger partial charge in [-0.1, -0.05) is 13.8 Å². The van der Waals surface area contributed by atoms with Gasteiger partial charge in [-0.05, 0) is 58.5 Å². The lowest BCUT2D eigenvalue weighted by molar-refractivity contribution is 0.254. The zero-order chi connectivity index (χ0) is 20.4. The van der Waals surface area contributed by atoms with Gasteiger partial charge >= 0.3 is 0 Å². The average molecular weight is 391 g/mol. The number of fused-ring (bicyclic) bond motifs is 1. The summed E-state index contributed by atoms with van der Waals surface area (Å²) < 4.78 is 11.8. The predicted octanol–water partition coefficient (Wildman–Crippen LogP) is 3.20. The molecule has 0 aromatic heterocycles. The quantitative estimate of drug-likeness (QED) is 0.345. The van der Waals surface area contributed by atoms with Crippen molar-refractivity contribution in [1.82, 2.24) is 15.5 Å². The summed E-state index contributed by atoms with van der Waals surface area (Å²) >= 11 is 0. The van der Waals surface area contributed by atoms with Gasteiger partial charge in [-0.15, -0.1) is 0 Å². The molecule has 1 heterocycles. The van der Waals surface area contributed by atoms with E-state index in [9.17, 15) is 0 Å². The van der Waals surface area contributed by atoms with Crippen LogP contribution in [0.25, 0.3) is 0 Å². The molecule has 1 aromatic rings.